The van der Waals surface area contributed by atoms with Crippen molar-refractivity contribution in [3.63, 3.8) is 0 Å². The number of nitrogens with two attached hydrogens (primary N) is 1. The lowest BCUT2D eigenvalue weighted by Crippen LogP contribution is -2.31. The second-order valence-electron chi connectivity index (χ2n) is 1.25. The first-order valence-electron chi connectivity index (χ1n) is 1.86. The normalized spacial score (nSPS) is 10.8. The van der Waals surface area contributed by atoms with Crippen LogP contribution in [-0.4, -0.2) is 19.8 Å². The highest BCUT2D eigenvalue weighted by molar-refractivity contribution is 7.86. The third-order valence-corrected chi connectivity index (χ3v) is 0.763. The first-order chi connectivity index (χ1) is 3.92. The lowest BCUT2D eigenvalue weighted by molar-refractivity contribution is 0.272. The third kappa shape index (κ3) is 7.60. The van der Waals surface area contributed by atoms with Gasteiger partial charge in [0.15, 0.2) is 5.11 Å². The van der Waals surface area contributed by atoms with E-state index < -0.39 is 10.1 Å². The Morgan fingerprint density at radius 1 is 1.78 bits per heavy atom. The van der Waals surface area contributed by atoms with E-state index in [1.165, 1.54) is 0 Å². The van der Waals surface area contributed by atoms with E-state index >= 15 is 0 Å². The molecule has 54 valence electrons. The van der Waals surface area contributed by atoms with Crippen LogP contribution in [0.4, 0.5) is 0 Å². The van der Waals surface area contributed by atoms with E-state index in [-0.39, 0.29) is 5.11 Å². The maximum Gasteiger partial charge on any atom is 0.285 e. The monoisotopic (exact) mass is 170 g/mol. The molecule has 0 aromatic rings. The first kappa shape index (κ1) is 8.60. The fourth-order valence-electron chi connectivity index (χ4n) is 0.117. The van der Waals surface area contributed by atoms with Gasteiger partial charge in [-0.05, 0) is 12.2 Å². The SMILES string of the molecule is CS(=O)(=O)ONC(N)=S. The van der Waals surface area contributed by atoms with Crippen molar-refractivity contribution in [1.82, 2.24) is 5.48 Å². The number of rotatable bonds is 2. The molecule has 0 fully saturated rings. The van der Waals surface area contributed by atoms with Gasteiger partial charge < -0.3 is 5.73 Å². The molecule has 0 aliphatic carbocycles. The smallest absolute Gasteiger partial charge is 0.285 e. The first-order valence-corrected chi connectivity index (χ1v) is 4.08. The minimum absolute atomic E-state index is 0.222. The van der Waals surface area contributed by atoms with Crippen LogP contribution in [0, 0.1) is 0 Å². The summed E-state index contributed by atoms with van der Waals surface area (Å²) < 4.78 is 24.2. The predicted octanol–water partition coefficient (Wildman–Crippen LogP) is -1.29. The summed E-state index contributed by atoms with van der Waals surface area (Å²) in [6, 6.07) is 0. The molecular formula is C2H6N2O3S2. The average molecular weight is 170 g/mol. The van der Waals surface area contributed by atoms with Crippen molar-refractivity contribution in [2.45, 2.75) is 0 Å². The van der Waals surface area contributed by atoms with Gasteiger partial charge >= 0.3 is 0 Å². The van der Waals surface area contributed by atoms with Crippen molar-refractivity contribution >= 4 is 27.4 Å². The third-order valence-electron chi connectivity index (χ3n) is 0.294. The zero-order valence-electron chi connectivity index (χ0n) is 4.62. The van der Waals surface area contributed by atoms with E-state index in [0.29, 0.717) is 0 Å². The topological polar surface area (TPSA) is 81.4 Å². The summed E-state index contributed by atoms with van der Waals surface area (Å²) in [4.78, 5) is 0. The highest BCUT2D eigenvalue weighted by atomic mass is 32.2. The molecule has 0 unspecified atom stereocenters. The Balaban J connectivity index is 3.67. The Morgan fingerprint density at radius 3 is 2.33 bits per heavy atom. The molecule has 0 rings (SSSR count). The Bertz CT molecular complexity index is 196. The van der Waals surface area contributed by atoms with Gasteiger partial charge in [0, 0.05) is 0 Å². The van der Waals surface area contributed by atoms with Crippen molar-refractivity contribution in [2.24, 2.45) is 5.73 Å². The molecule has 0 spiro atoms. The van der Waals surface area contributed by atoms with Crippen LogP contribution >= 0.6 is 12.2 Å². The Morgan fingerprint density at radius 2 is 2.22 bits per heavy atom. The highest BCUT2D eigenvalue weighted by Crippen LogP contribution is 1.78. The molecule has 0 bridgehead atoms. The van der Waals surface area contributed by atoms with Gasteiger partial charge in [0.25, 0.3) is 10.1 Å². The average Bonchev–Trinajstić information content (AvgIpc) is 1.59. The molecule has 3 N–H and O–H groups in total. The van der Waals surface area contributed by atoms with Gasteiger partial charge in [-0.15, -0.1) is 4.28 Å². The van der Waals surface area contributed by atoms with Crippen LogP contribution < -0.4 is 11.2 Å². The van der Waals surface area contributed by atoms with Crippen molar-refractivity contribution in [1.29, 1.82) is 0 Å². The number of hydrogen-bond acceptors (Lipinski definition) is 4. The molecular weight excluding hydrogens is 164 g/mol. The van der Waals surface area contributed by atoms with Crippen molar-refractivity contribution in [3.8, 4) is 0 Å². The number of nitrogens with one attached hydrogen (secondary N) is 1. The summed E-state index contributed by atoms with van der Waals surface area (Å²) in [7, 11) is -3.50. The molecule has 0 saturated heterocycles. The minimum Gasteiger partial charge on any atom is -0.375 e. The van der Waals surface area contributed by atoms with Crippen LogP contribution in [0.1, 0.15) is 0 Å². The molecule has 0 aliphatic heterocycles. The molecule has 0 aromatic heterocycles. The molecule has 9 heavy (non-hydrogen) atoms. The van der Waals surface area contributed by atoms with Gasteiger partial charge in [-0.1, -0.05) is 0 Å². The van der Waals surface area contributed by atoms with Crippen LogP contribution in [0.3, 0.4) is 0 Å². The highest BCUT2D eigenvalue weighted by Gasteiger charge is 1.99. The molecule has 0 aromatic carbocycles. The quantitative estimate of drug-likeness (QED) is 0.396. The predicted molar refractivity (Wildman–Crippen MR) is 35.8 cm³/mol. The van der Waals surface area contributed by atoms with E-state index in [1.54, 1.807) is 5.48 Å². The van der Waals surface area contributed by atoms with Crippen LogP contribution in [0.25, 0.3) is 0 Å². The summed E-state index contributed by atoms with van der Waals surface area (Å²) >= 11 is 4.24. The van der Waals surface area contributed by atoms with Crippen LogP contribution in [0.5, 0.6) is 0 Å². The second-order valence-corrected chi connectivity index (χ2v) is 3.27. The van der Waals surface area contributed by atoms with Gasteiger partial charge in [0.2, 0.25) is 0 Å². The fraction of sp³-hybridized carbons (Fsp3) is 0.500. The van der Waals surface area contributed by atoms with E-state index in [1.807, 2.05) is 0 Å². The van der Waals surface area contributed by atoms with Gasteiger partial charge in [0.05, 0.1) is 6.26 Å². The summed E-state index contributed by atoms with van der Waals surface area (Å²) in [5.41, 5.74) is 6.64. The van der Waals surface area contributed by atoms with Gasteiger partial charge in [0.1, 0.15) is 0 Å². The Kier molecular flexibility index (Phi) is 2.82. The van der Waals surface area contributed by atoms with Gasteiger partial charge in [-0.3, -0.25) is 0 Å². The van der Waals surface area contributed by atoms with Crippen LogP contribution in [0.15, 0.2) is 0 Å². The van der Waals surface area contributed by atoms with Crippen LogP contribution in [0.2, 0.25) is 0 Å². The van der Waals surface area contributed by atoms with Crippen molar-refractivity contribution in [2.75, 3.05) is 6.26 Å². The number of thiocarbonyl (C=S) groups is 1. The maximum atomic E-state index is 10.1. The van der Waals surface area contributed by atoms with Crippen molar-refractivity contribution in [3.05, 3.63) is 0 Å². The lowest BCUT2D eigenvalue weighted by Gasteiger charge is -1.98. The molecule has 7 heteroatoms. The summed E-state index contributed by atoms with van der Waals surface area (Å²) in [5.74, 6) is 0. The van der Waals surface area contributed by atoms with Crippen molar-refractivity contribution < 1.29 is 12.7 Å². The zero-order chi connectivity index (χ0) is 7.49. The zero-order valence-corrected chi connectivity index (χ0v) is 6.25. The fourth-order valence-corrected chi connectivity index (χ4v) is 0.452. The second kappa shape index (κ2) is 2.95. The van der Waals surface area contributed by atoms with E-state index in [0.717, 1.165) is 6.26 Å². The summed E-state index contributed by atoms with van der Waals surface area (Å²) in [6.45, 7) is 0. The number of hydroxylamine groups is 1. The Labute approximate surface area is 58.3 Å². The molecule has 0 atom stereocenters. The maximum absolute atomic E-state index is 10.1. The van der Waals surface area contributed by atoms with E-state index in [9.17, 15) is 8.42 Å². The Hall–Kier alpha value is -0.400. The van der Waals surface area contributed by atoms with Crippen LogP contribution in [-0.2, 0) is 14.4 Å². The molecule has 0 amide bonds. The standard InChI is InChI=1S/C2H6N2O3S2/c1-9(5,6)7-4-2(3)8/h1H3,(H3,3,4,8). The van der Waals surface area contributed by atoms with Gasteiger partial charge in [-0.25, -0.2) is 5.48 Å². The minimum atomic E-state index is -3.50. The largest absolute Gasteiger partial charge is 0.375 e. The summed E-state index contributed by atoms with van der Waals surface area (Å²) in [5, 5.41) is -0.222. The molecule has 0 radical (unpaired) electrons. The molecule has 0 saturated carbocycles. The van der Waals surface area contributed by atoms with E-state index in [4.69, 9.17) is 5.73 Å². The number of hydrogen-bond donors (Lipinski definition) is 2. The lowest BCUT2D eigenvalue weighted by atomic mass is 11.2. The molecule has 5 nitrogen and oxygen atoms in total. The molecule has 0 heterocycles. The molecule has 0 aliphatic rings. The van der Waals surface area contributed by atoms with E-state index in [2.05, 4.69) is 16.5 Å². The van der Waals surface area contributed by atoms with Gasteiger partial charge in [-0.2, -0.15) is 8.42 Å². The summed E-state index contributed by atoms with van der Waals surface area (Å²) in [6.07, 6.45) is 0.873.